The molecule has 0 heterocycles. The normalized spacial score (nSPS) is 10.1. The second-order valence-corrected chi connectivity index (χ2v) is 3.36. The van der Waals surface area contributed by atoms with Crippen molar-refractivity contribution in [2.45, 2.75) is 51.9 Å². The van der Waals surface area contributed by atoms with E-state index >= 15 is 0 Å². The van der Waals surface area contributed by atoms with Crippen molar-refractivity contribution in [2.24, 2.45) is 0 Å². The molecule has 0 aliphatic heterocycles. The third kappa shape index (κ3) is 9.52. The zero-order chi connectivity index (χ0) is 10.6. The zero-order valence-electron chi connectivity index (χ0n) is 8.96. The summed E-state index contributed by atoms with van der Waals surface area (Å²) in [5.41, 5.74) is 0. The summed E-state index contributed by atoms with van der Waals surface area (Å²) >= 11 is 0. The van der Waals surface area contributed by atoms with Gasteiger partial charge in [0.25, 0.3) is 0 Å². The summed E-state index contributed by atoms with van der Waals surface area (Å²) in [6, 6.07) is 0. The first-order valence-corrected chi connectivity index (χ1v) is 5.40. The van der Waals surface area contributed by atoms with Crippen molar-refractivity contribution in [1.82, 2.24) is 0 Å². The molecule has 3 heteroatoms. The SMILES string of the molecule is CCCCCCCCOC(=O)C[CH][O]. The van der Waals surface area contributed by atoms with Crippen molar-refractivity contribution in [3.05, 3.63) is 6.61 Å². The minimum Gasteiger partial charge on any atom is -0.466 e. The standard InChI is InChI=1S/C11H20O3/c1-2-3-4-5-6-7-10-14-11(13)8-9-12/h9H,2-8,10H2,1H3. The average molecular weight is 200 g/mol. The van der Waals surface area contributed by atoms with E-state index in [4.69, 9.17) is 4.74 Å². The van der Waals surface area contributed by atoms with Crippen LogP contribution in [-0.4, -0.2) is 12.6 Å². The van der Waals surface area contributed by atoms with Crippen LogP contribution < -0.4 is 0 Å². The fourth-order valence-corrected chi connectivity index (χ4v) is 1.20. The van der Waals surface area contributed by atoms with Crippen LogP contribution in [0, 0.1) is 6.61 Å². The van der Waals surface area contributed by atoms with Crippen molar-refractivity contribution < 1.29 is 14.6 Å². The van der Waals surface area contributed by atoms with E-state index in [1.165, 1.54) is 25.7 Å². The third-order valence-electron chi connectivity index (χ3n) is 2.01. The first-order valence-electron chi connectivity index (χ1n) is 5.40. The molecule has 0 atom stereocenters. The summed E-state index contributed by atoms with van der Waals surface area (Å²) in [5, 5.41) is 9.92. The van der Waals surface area contributed by atoms with E-state index in [0.717, 1.165) is 12.8 Å². The lowest BCUT2D eigenvalue weighted by Gasteiger charge is -2.02. The maximum absolute atomic E-state index is 10.7. The molecule has 0 aliphatic rings. The van der Waals surface area contributed by atoms with Crippen molar-refractivity contribution in [3.63, 3.8) is 0 Å². The van der Waals surface area contributed by atoms with Crippen LogP contribution >= 0.6 is 0 Å². The summed E-state index contributed by atoms with van der Waals surface area (Å²) in [6.07, 6.45) is 6.90. The van der Waals surface area contributed by atoms with Gasteiger partial charge in [0.1, 0.15) is 6.61 Å². The van der Waals surface area contributed by atoms with Gasteiger partial charge in [0.05, 0.1) is 13.0 Å². The van der Waals surface area contributed by atoms with E-state index in [1.54, 1.807) is 0 Å². The van der Waals surface area contributed by atoms with Crippen LogP contribution in [0.15, 0.2) is 0 Å². The van der Waals surface area contributed by atoms with Crippen molar-refractivity contribution in [3.8, 4) is 0 Å². The Kier molecular flexibility index (Phi) is 10.1. The monoisotopic (exact) mass is 200 g/mol. The van der Waals surface area contributed by atoms with Gasteiger partial charge in [-0.15, -0.1) is 0 Å². The number of carbonyl (C=O) groups excluding carboxylic acids is 1. The van der Waals surface area contributed by atoms with Gasteiger partial charge in [-0.3, -0.25) is 4.79 Å². The van der Waals surface area contributed by atoms with Crippen LogP contribution in [0.1, 0.15) is 51.9 Å². The van der Waals surface area contributed by atoms with E-state index in [0.29, 0.717) is 13.2 Å². The Morgan fingerprint density at radius 2 is 1.79 bits per heavy atom. The molecule has 3 nitrogen and oxygen atoms in total. The fraction of sp³-hybridized carbons (Fsp3) is 0.818. The lowest BCUT2D eigenvalue weighted by molar-refractivity contribution is -0.143. The second-order valence-electron chi connectivity index (χ2n) is 3.36. The molecule has 0 saturated heterocycles. The first-order chi connectivity index (χ1) is 6.81. The van der Waals surface area contributed by atoms with Gasteiger partial charge in [0.2, 0.25) is 0 Å². The van der Waals surface area contributed by atoms with Gasteiger partial charge in [0, 0.05) is 0 Å². The Balaban J connectivity index is 3.01. The predicted molar refractivity (Wildman–Crippen MR) is 53.9 cm³/mol. The maximum atomic E-state index is 10.7. The number of rotatable bonds is 9. The van der Waals surface area contributed by atoms with Gasteiger partial charge >= 0.3 is 5.97 Å². The molecular weight excluding hydrogens is 180 g/mol. The summed E-state index contributed by atoms with van der Waals surface area (Å²) in [4.78, 5) is 10.7. The first kappa shape index (κ1) is 13.4. The van der Waals surface area contributed by atoms with Gasteiger partial charge in [-0.05, 0) is 6.42 Å². The Labute approximate surface area is 86.5 Å². The minimum atomic E-state index is -0.409. The highest BCUT2D eigenvalue weighted by molar-refractivity contribution is 5.70. The van der Waals surface area contributed by atoms with E-state index in [-0.39, 0.29) is 6.42 Å². The average Bonchev–Trinajstić information content (AvgIpc) is 2.17. The summed E-state index contributed by atoms with van der Waals surface area (Å²) in [5.74, 6) is -0.409. The molecular formula is C11H20O3. The molecule has 2 radical (unpaired) electrons. The fourth-order valence-electron chi connectivity index (χ4n) is 1.20. The smallest absolute Gasteiger partial charge is 0.308 e. The van der Waals surface area contributed by atoms with E-state index in [1.807, 2.05) is 0 Å². The van der Waals surface area contributed by atoms with Crippen LogP contribution in [0.2, 0.25) is 0 Å². The molecule has 0 saturated carbocycles. The molecule has 82 valence electrons. The van der Waals surface area contributed by atoms with Gasteiger partial charge in [-0.25, -0.2) is 5.11 Å². The van der Waals surface area contributed by atoms with E-state index in [9.17, 15) is 9.90 Å². The molecule has 0 aromatic carbocycles. The summed E-state index contributed by atoms with van der Waals surface area (Å²) < 4.78 is 4.82. The predicted octanol–water partition coefficient (Wildman–Crippen LogP) is 2.87. The van der Waals surface area contributed by atoms with Crippen LogP contribution in [0.5, 0.6) is 0 Å². The molecule has 0 bridgehead atoms. The van der Waals surface area contributed by atoms with E-state index in [2.05, 4.69) is 6.92 Å². The topological polar surface area (TPSA) is 46.2 Å². The minimum absolute atomic E-state index is 0.115. The second kappa shape index (κ2) is 10.5. The zero-order valence-corrected chi connectivity index (χ0v) is 8.96. The maximum Gasteiger partial charge on any atom is 0.308 e. The number of hydrogen-bond donors (Lipinski definition) is 0. The van der Waals surface area contributed by atoms with Crippen molar-refractivity contribution >= 4 is 5.97 Å². The number of carbonyl (C=O) groups is 1. The van der Waals surface area contributed by atoms with Gasteiger partial charge in [0.15, 0.2) is 0 Å². The Hall–Kier alpha value is -0.570. The van der Waals surface area contributed by atoms with Crippen LogP contribution in [0.4, 0.5) is 0 Å². The highest BCUT2D eigenvalue weighted by Crippen LogP contribution is 2.05. The largest absolute Gasteiger partial charge is 0.466 e. The highest BCUT2D eigenvalue weighted by atomic mass is 16.5. The lowest BCUT2D eigenvalue weighted by Crippen LogP contribution is -2.05. The quantitative estimate of drug-likeness (QED) is 0.424. The molecule has 0 amide bonds. The molecule has 0 aromatic heterocycles. The van der Waals surface area contributed by atoms with Gasteiger partial charge in [-0.1, -0.05) is 39.0 Å². The van der Waals surface area contributed by atoms with Crippen molar-refractivity contribution in [2.75, 3.05) is 6.61 Å². The Bertz CT molecular complexity index is 134. The van der Waals surface area contributed by atoms with Crippen LogP contribution in [0.25, 0.3) is 0 Å². The summed E-state index contributed by atoms with van der Waals surface area (Å²) in [7, 11) is 0. The van der Waals surface area contributed by atoms with Gasteiger partial charge in [-0.2, -0.15) is 0 Å². The van der Waals surface area contributed by atoms with E-state index < -0.39 is 5.97 Å². The lowest BCUT2D eigenvalue weighted by atomic mass is 10.1. The molecule has 0 N–H and O–H groups in total. The molecule has 0 aliphatic carbocycles. The molecule has 0 fully saturated rings. The number of hydrogen-bond acceptors (Lipinski definition) is 2. The Morgan fingerprint density at radius 1 is 1.14 bits per heavy atom. The molecule has 0 spiro atoms. The third-order valence-corrected chi connectivity index (χ3v) is 2.01. The van der Waals surface area contributed by atoms with Crippen molar-refractivity contribution in [1.29, 1.82) is 0 Å². The van der Waals surface area contributed by atoms with Gasteiger partial charge < -0.3 is 4.74 Å². The molecule has 14 heavy (non-hydrogen) atoms. The Morgan fingerprint density at radius 3 is 2.43 bits per heavy atom. The van der Waals surface area contributed by atoms with Crippen LogP contribution in [-0.2, 0) is 14.6 Å². The number of unbranched alkanes of at least 4 members (excludes halogenated alkanes) is 5. The highest BCUT2D eigenvalue weighted by Gasteiger charge is 2.00. The summed E-state index contributed by atoms with van der Waals surface area (Å²) in [6.45, 7) is 3.21. The number of esters is 1. The van der Waals surface area contributed by atoms with Crippen LogP contribution in [0.3, 0.4) is 0 Å². The molecule has 0 aromatic rings. The molecule has 0 rings (SSSR count). The number of ether oxygens (including phenoxy) is 1. The molecule has 0 unspecified atom stereocenters.